The van der Waals surface area contributed by atoms with Gasteiger partial charge in [0.25, 0.3) is 0 Å². The molecule has 1 atom stereocenters. The second-order valence-corrected chi connectivity index (χ2v) is 4.71. The highest BCUT2D eigenvalue weighted by Gasteiger charge is 2.14. The van der Waals surface area contributed by atoms with Crippen molar-refractivity contribution in [1.29, 1.82) is 0 Å². The zero-order chi connectivity index (χ0) is 15.9. The predicted octanol–water partition coefficient (Wildman–Crippen LogP) is 0.875. The molecule has 0 fully saturated rings. The van der Waals surface area contributed by atoms with Gasteiger partial charge in [-0.25, -0.2) is 4.79 Å². The van der Waals surface area contributed by atoms with E-state index in [1.807, 2.05) is 0 Å². The molecular formula is C16H15N2O4-. The van der Waals surface area contributed by atoms with E-state index in [1.165, 1.54) is 12.1 Å². The molecule has 0 aliphatic rings. The summed E-state index contributed by atoms with van der Waals surface area (Å²) >= 11 is 0. The summed E-state index contributed by atoms with van der Waals surface area (Å²) in [7, 11) is 0. The van der Waals surface area contributed by atoms with Crippen LogP contribution in [-0.2, 0) is 11.2 Å². The number of aromatic hydroxyl groups is 1. The number of hydrogen-bond donors (Lipinski definition) is 3. The number of aliphatic carboxylic acids is 1. The van der Waals surface area contributed by atoms with Gasteiger partial charge >= 0.3 is 6.03 Å². The Kier molecular flexibility index (Phi) is 4.98. The molecule has 2 amide bonds. The van der Waals surface area contributed by atoms with E-state index < -0.39 is 18.0 Å². The Morgan fingerprint density at radius 3 is 2.27 bits per heavy atom. The van der Waals surface area contributed by atoms with Gasteiger partial charge in [-0.3, -0.25) is 0 Å². The zero-order valence-electron chi connectivity index (χ0n) is 11.7. The number of urea groups is 1. The van der Waals surface area contributed by atoms with Crippen LogP contribution in [0.3, 0.4) is 0 Å². The number of anilines is 1. The molecule has 0 saturated heterocycles. The average molecular weight is 299 g/mol. The number of carbonyl (C=O) groups excluding carboxylic acids is 2. The molecule has 2 rings (SSSR count). The van der Waals surface area contributed by atoms with Gasteiger partial charge in [0.05, 0.1) is 12.0 Å². The van der Waals surface area contributed by atoms with Crippen LogP contribution in [0.4, 0.5) is 10.5 Å². The van der Waals surface area contributed by atoms with Crippen LogP contribution in [0.5, 0.6) is 5.75 Å². The minimum absolute atomic E-state index is 0.0603. The number of nitrogens with one attached hydrogen (secondary N) is 2. The quantitative estimate of drug-likeness (QED) is 0.762. The van der Waals surface area contributed by atoms with Gasteiger partial charge in [0.15, 0.2) is 0 Å². The Balaban J connectivity index is 1.98. The fourth-order valence-electron chi connectivity index (χ4n) is 1.91. The lowest BCUT2D eigenvalue weighted by Crippen LogP contribution is -2.50. The van der Waals surface area contributed by atoms with Crippen LogP contribution < -0.4 is 15.7 Å². The number of carbonyl (C=O) groups is 2. The maximum atomic E-state index is 11.8. The second-order valence-electron chi connectivity index (χ2n) is 4.71. The van der Waals surface area contributed by atoms with E-state index in [-0.39, 0.29) is 12.2 Å². The molecule has 0 aromatic heterocycles. The first kappa shape index (κ1) is 15.4. The smallest absolute Gasteiger partial charge is 0.319 e. The van der Waals surface area contributed by atoms with Crippen molar-refractivity contribution in [2.45, 2.75) is 12.5 Å². The van der Waals surface area contributed by atoms with Gasteiger partial charge in [0.1, 0.15) is 5.75 Å². The lowest BCUT2D eigenvalue weighted by molar-refractivity contribution is -0.308. The summed E-state index contributed by atoms with van der Waals surface area (Å²) in [5.41, 5.74) is 1.22. The Morgan fingerprint density at radius 1 is 1.05 bits per heavy atom. The third kappa shape index (κ3) is 4.52. The summed E-state index contributed by atoms with van der Waals surface area (Å²) in [5.74, 6) is -1.29. The molecule has 3 N–H and O–H groups in total. The van der Waals surface area contributed by atoms with Crippen molar-refractivity contribution in [2.24, 2.45) is 0 Å². The van der Waals surface area contributed by atoms with Gasteiger partial charge in [0, 0.05) is 5.69 Å². The highest BCUT2D eigenvalue weighted by atomic mass is 16.4. The van der Waals surface area contributed by atoms with Crippen molar-refractivity contribution in [2.75, 3.05) is 5.32 Å². The molecular weight excluding hydrogens is 284 g/mol. The van der Waals surface area contributed by atoms with Crippen LogP contribution in [0.2, 0.25) is 0 Å². The maximum Gasteiger partial charge on any atom is 0.319 e. The molecule has 0 saturated carbocycles. The van der Waals surface area contributed by atoms with E-state index in [4.69, 9.17) is 0 Å². The number of amides is 2. The van der Waals surface area contributed by atoms with Crippen LogP contribution in [0.1, 0.15) is 5.56 Å². The highest BCUT2D eigenvalue weighted by molar-refractivity contribution is 5.92. The molecule has 2 aromatic carbocycles. The van der Waals surface area contributed by atoms with Crippen LogP contribution in [0.25, 0.3) is 0 Å². The molecule has 0 spiro atoms. The summed E-state index contributed by atoms with van der Waals surface area (Å²) in [5, 5.41) is 25.3. The molecule has 0 aliphatic heterocycles. The monoisotopic (exact) mass is 299 g/mol. The molecule has 22 heavy (non-hydrogen) atoms. The lowest BCUT2D eigenvalue weighted by Gasteiger charge is -2.20. The van der Waals surface area contributed by atoms with E-state index >= 15 is 0 Å². The number of benzene rings is 2. The van der Waals surface area contributed by atoms with E-state index in [0.717, 1.165) is 0 Å². The third-order valence-electron chi connectivity index (χ3n) is 3.00. The first-order chi connectivity index (χ1) is 10.5. The largest absolute Gasteiger partial charge is 0.548 e. The van der Waals surface area contributed by atoms with Gasteiger partial charge in [-0.1, -0.05) is 30.3 Å². The molecule has 6 nitrogen and oxygen atoms in total. The van der Waals surface area contributed by atoms with Crippen molar-refractivity contribution < 1.29 is 19.8 Å². The van der Waals surface area contributed by atoms with Crippen LogP contribution in [-0.4, -0.2) is 23.1 Å². The van der Waals surface area contributed by atoms with Gasteiger partial charge < -0.3 is 25.6 Å². The maximum absolute atomic E-state index is 11.8. The molecule has 0 bridgehead atoms. The van der Waals surface area contributed by atoms with Crippen LogP contribution in [0.15, 0.2) is 54.6 Å². The minimum atomic E-state index is -1.38. The van der Waals surface area contributed by atoms with Crippen LogP contribution in [0, 0.1) is 0 Å². The predicted molar refractivity (Wildman–Crippen MR) is 79.2 cm³/mol. The third-order valence-corrected chi connectivity index (χ3v) is 3.00. The minimum Gasteiger partial charge on any atom is -0.548 e. The fraction of sp³-hybridized carbons (Fsp3) is 0.125. The van der Waals surface area contributed by atoms with Gasteiger partial charge in [0.2, 0.25) is 0 Å². The summed E-state index contributed by atoms with van der Waals surface area (Å²) in [6.45, 7) is 0. The first-order valence-electron chi connectivity index (χ1n) is 6.66. The van der Waals surface area contributed by atoms with Gasteiger partial charge in [-0.15, -0.1) is 0 Å². The Hall–Kier alpha value is -3.02. The number of phenolic OH excluding ortho intramolecular Hbond substituents is 1. The van der Waals surface area contributed by atoms with Crippen molar-refractivity contribution in [3.63, 3.8) is 0 Å². The Labute approximate surface area is 127 Å². The SMILES string of the molecule is O=C(Nc1ccccc1)N[C@@H](Cc1ccc(O)cc1)C(=O)[O-]. The standard InChI is InChI=1S/C16H16N2O4/c19-13-8-6-11(7-9-13)10-14(15(20)21)18-16(22)17-12-4-2-1-3-5-12/h1-9,14,19H,10H2,(H,20,21)(H2,17,18,22)/p-1/t14-/m0/s1. The highest BCUT2D eigenvalue weighted by Crippen LogP contribution is 2.11. The lowest BCUT2D eigenvalue weighted by atomic mass is 10.1. The molecule has 114 valence electrons. The Morgan fingerprint density at radius 2 is 1.68 bits per heavy atom. The number of rotatable bonds is 5. The summed E-state index contributed by atoms with van der Waals surface area (Å²) in [4.78, 5) is 23.0. The van der Waals surface area contributed by atoms with Crippen molar-refractivity contribution >= 4 is 17.7 Å². The summed E-state index contributed by atoms with van der Waals surface area (Å²) in [6.07, 6.45) is 0.0603. The summed E-state index contributed by atoms with van der Waals surface area (Å²) in [6, 6.07) is 13.0. The van der Waals surface area contributed by atoms with Gasteiger partial charge in [-0.2, -0.15) is 0 Å². The number of carboxylic acid groups (broad SMARTS) is 1. The molecule has 0 heterocycles. The molecule has 0 unspecified atom stereocenters. The van der Waals surface area contributed by atoms with Gasteiger partial charge in [-0.05, 0) is 36.2 Å². The molecule has 6 heteroatoms. The number of carboxylic acids is 1. The topological polar surface area (TPSA) is 101 Å². The Bertz CT molecular complexity index is 641. The first-order valence-corrected chi connectivity index (χ1v) is 6.66. The normalized spacial score (nSPS) is 11.5. The van der Waals surface area contributed by atoms with Crippen LogP contribution >= 0.6 is 0 Å². The number of hydrogen-bond acceptors (Lipinski definition) is 4. The molecule has 2 aromatic rings. The van der Waals surface area contributed by atoms with E-state index in [9.17, 15) is 19.8 Å². The second kappa shape index (κ2) is 7.12. The van der Waals surface area contributed by atoms with E-state index in [1.54, 1.807) is 42.5 Å². The van der Waals surface area contributed by atoms with E-state index in [0.29, 0.717) is 11.3 Å². The van der Waals surface area contributed by atoms with Crippen molar-refractivity contribution in [3.05, 3.63) is 60.2 Å². The molecule has 0 radical (unpaired) electrons. The van der Waals surface area contributed by atoms with Crippen molar-refractivity contribution in [3.8, 4) is 5.75 Å². The summed E-state index contributed by atoms with van der Waals surface area (Å²) < 4.78 is 0. The average Bonchev–Trinajstić information content (AvgIpc) is 2.49. The number of para-hydroxylation sites is 1. The number of phenols is 1. The fourth-order valence-corrected chi connectivity index (χ4v) is 1.91. The molecule has 0 aliphatic carbocycles. The zero-order valence-corrected chi connectivity index (χ0v) is 11.7. The van der Waals surface area contributed by atoms with Crippen molar-refractivity contribution in [1.82, 2.24) is 5.32 Å². The van der Waals surface area contributed by atoms with E-state index in [2.05, 4.69) is 10.6 Å².